The zero-order valence-corrected chi connectivity index (χ0v) is 12.2. The molecule has 20 heavy (non-hydrogen) atoms. The van der Waals surface area contributed by atoms with Gasteiger partial charge in [0.15, 0.2) is 4.90 Å². The second-order valence-electron chi connectivity index (χ2n) is 4.51. The standard InChI is InChI=1S/C10H18N4O5S/c1-6(15)7(11)4-12-20(18,19)8-5-13(2)10(17)14(3)9(8)16/h5-7,12,15H,4,11H2,1-3H3. The number of hydrogen-bond acceptors (Lipinski definition) is 6. The van der Waals surface area contributed by atoms with Crippen LogP contribution in [-0.4, -0.2) is 41.3 Å². The molecule has 0 saturated heterocycles. The summed E-state index contributed by atoms with van der Waals surface area (Å²) in [7, 11) is -1.59. The molecule has 1 rings (SSSR count). The molecule has 1 heterocycles. The summed E-state index contributed by atoms with van der Waals surface area (Å²) in [6.07, 6.45) is 0.0432. The lowest BCUT2D eigenvalue weighted by Crippen LogP contribution is -2.46. The number of rotatable bonds is 5. The summed E-state index contributed by atoms with van der Waals surface area (Å²) in [5.74, 6) is 0. The Morgan fingerprint density at radius 3 is 2.45 bits per heavy atom. The lowest BCUT2D eigenvalue weighted by atomic mass is 10.2. The minimum absolute atomic E-state index is 0.230. The maximum atomic E-state index is 12.0. The fourth-order valence-corrected chi connectivity index (χ4v) is 2.64. The second kappa shape index (κ2) is 5.87. The Bertz CT molecular complexity index is 703. The highest BCUT2D eigenvalue weighted by Crippen LogP contribution is 2.00. The summed E-state index contributed by atoms with van der Waals surface area (Å²) < 4.78 is 27.9. The van der Waals surface area contributed by atoms with Gasteiger partial charge >= 0.3 is 5.69 Å². The van der Waals surface area contributed by atoms with Crippen LogP contribution in [0, 0.1) is 0 Å². The minimum Gasteiger partial charge on any atom is -0.392 e. The van der Waals surface area contributed by atoms with Gasteiger partial charge in [0.25, 0.3) is 5.56 Å². The zero-order valence-electron chi connectivity index (χ0n) is 11.4. The van der Waals surface area contributed by atoms with Crippen molar-refractivity contribution in [2.75, 3.05) is 6.54 Å². The molecule has 2 atom stereocenters. The molecule has 0 saturated carbocycles. The Kier molecular flexibility index (Phi) is 4.86. The second-order valence-corrected chi connectivity index (χ2v) is 6.24. The molecule has 0 aliphatic rings. The van der Waals surface area contributed by atoms with E-state index >= 15 is 0 Å². The summed E-state index contributed by atoms with van der Waals surface area (Å²) in [5.41, 5.74) is 3.95. The third kappa shape index (κ3) is 3.33. The molecule has 0 radical (unpaired) electrons. The lowest BCUT2D eigenvalue weighted by molar-refractivity contribution is 0.164. The van der Waals surface area contributed by atoms with Crippen molar-refractivity contribution in [3.63, 3.8) is 0 Å². The Hall–Kier alpha value is -1.49. The van der Waals surface area contributed by atoms with Gasteiger partial charge in [-0.25, -0.2) is 17.9 Å². The highest BCUT2D eigenvalue weighted by molar-refractivity contribution is 7.89. The van der Waals surface area contributed by atoms with Crippen LogP contribution in [0.4, 0.5) is 0 Å². The molecule has 0 aromatic carbocycles. The van der Waals surface area contributed by atoms with Crippen molar-refractivity contribution < 1.29 is 13.5 Å². The molecular weight excluding hydrogens is 288 g/mol. The van der Waals surface area contributed by atoms with Gasteiger partial charge in [-0.1, -0.05) is 0 Å². The Morgan fingerprint density at radius 1 is 1.40 bits per heavy atom. The predicted octanol–water partition coefficient (Wildman–Crippen LogP) is -2.93. The van der Waals surface area contributed by atoms with Gasteiger partial charge in [0.1, 0.15) is 0 Å². The van der Waals surface area contributed by atoms with Crippen molar-refractivity contribution in [3.05, 3.63) is 27.0 Å². The van der Waals surface area contributed by atoms with E-state index in [0.717, 1.165) is 10.8 Å². The first-order valence-corrected chi connectivity index (χ1v) is 7.26. The lowest BCUT2D eigenvalue weighted by Gasteiger charge is -2.15. The quantitative estimate of drug-likeness (QED) is 0.533. The first-order valence-electron chi connectivity index (χ1n) is 5.78. The van der Waals surface area contributed by atoms with Crippen molar-refractivity contribution in [2.45, 2.75) is 24.0 Å². The fraction of sp³-hybridized carbons (Fsp3) is 0.600. The number of aromatic nitrogens is 2. The van der Waals surface area contributed by atoms with E-state index in [1.807, 2.05) is 0 Å². The number of nitrogens with one attached hydrogen (secondary N) is 1. The number of aliphatic hydroxyl groups excluding tert-OH is 1. The molecule has 0 spiro atoms. The van der Waals surface area contributed by atoms with Crippen LogP contribution in [0.25, 0.3) is 0 Å². The minimum atomic E-state index is -4.12. The van der Waals surface area contributed by atoms with E-state index in [-0.39, 0.29) is 6.54 Å². The molecule has 0 aliphatic carbocycles. The van der Waals surface area contributed by atoms with Gasteiger partial charge in [0, 0.05) is 32.9 Å². The van der Waals surface area contributed by atoms with Crippen LogP contribution in [0.1, 0.15) is 6.92 Å². The monoisotopic (exact) mass is 306 g/mol. The number of aryl methyl sites for hydroxylation is 1. The van der Waals surface area contributed by atoms with E-state index in [0.29, 0.717) is 4.57 Å². The number of nitrogens with zero attached hydrogens (tertiary/aromatic N) is 2. The third-order valence-electron chi connectivity index (χ3n) is 2.83. The number of hydrogen-bond donors (Lipinski definition) is 3. The smallest absolute Gasteiger partial charge is 0.330 e. The van der Waals surface area contributed by atoms with Gasteiger partial charge in [-0.2, -0.15) is 0 Å². The molecule has 2 unspecified atom stereocenters. The molecular formula is C10H18N4O5S. The summed E-state index contributed by atoms with van der Waals surface area (Å²) in [6, 6.07) is -0.804. The largest absolute Gasteiger partial charge is 0.392 e. The van der Waals surface area contributed by atoms with Crippen molar-refractivity contribution in [1.82, 2.24) is 13.9 Å². The SMILES string of the molecule is CC(O)C(N)CNS(=O)(=O)c1cn(C)c(=O)n(C)c1=O. The van der Waals surface area contributed by atoms with E-state index in [2.05, 4.69) is 4.72 Å². The summed E-state index contributed by atoms with van der Waals surface area (Å²) in [6.45, 7) is 1.19. The maximum absolute atomic E-state index is 12.0. The van der Waals surface area contributed by atoms with Crippen LogP contribution >= 0.6 is 0 Å². The van der Waals surface area contributed by atoms with E-state index in [4.69, 9.17) is 5.73 Å². The van der Waals surface area contributed by atoms with Gasteiger partial charge in [0.2, 0.25) is 10.0 Å². The van der Waals surface area contributed by atoms with E-state index in [1.165, 1.54) is 21.0 Å². The van der Waals surface area contributed by atoms with Crippen LogP contribution in [0.15, 0.2) is 20.7 Å². The summed E-state index contributed by atoms with van der Waals surface area (Å²) >= 11 is 0. The first kappa shape index (κ1) is 16.6. The van der Waals surface area contributed by atoms with E-state index < -0.39 is 38.3 Å². The molecule has 0 bridgehead atoms. The third-order valence-corrected chi connectivity index (χ3v) is 4.24. The highest BCUT2D eigenvalue weighted by atomic mass is 32.2. The molecule has 114 valence electrons. The van der Waals surface area contributed by atoms with Crippen LogP contribution in [0.5, 0.6) is 0 Å². The summed E-state index contributed by atoms with van der Waals surface area (Å²) in [5, 5.41) is 9.20. The molecule has 1 aromatic rings. The Morgan fingerprint density at radius 2 is 1.95 bits per heavy atom. The number of sulfonamides is 1. The zero-order chi connectivity index (χ0) is 15.7. The van der Waals surface area contributed by atoms with Gasteiger partial charge in [-0.05, 0) is 6.92 Å². The van der Waals surface area contributed by atoms with Crippen LogP contribution < -0.4 is 21.7 Å². The number of nitrogens with two attached hydrogens (primary N) is 1. The van der Waals surface area contributed by atoms with Crippen molar-refractivity contribution >= 4 is 10.0 Å². The fourth-order valence-electron chi connectivity index (χ4n) is 1.41. The average molecular weight is 306 g/mol. The maximum Gasteiger partial charge on any atom is 0.330 e. The topological polar surface area (TPSA) is 136 Å². The summed E-state index contributed by atoms with van der Waals surface area (Å²) in [4.78, 5) is 22.7. The molecule has 0 fully saturated rings. The predicted molar refractivity (Wildman–Crippen MR) is 71.8 cm³/mol. The van der Waals surface area contributed by atoms with Gasteiger partial charge < -0.3 is 15.4 Å². The number of aliphatic hydroxyl groups is 1. The Labute approximate surface area is 115 Å². The van der Waals surface area contributed by atoms with Crippen LogP contribution in [-0.2, 0) is 24.1 Å². The van der Waals surface area contributed by atoms with Gasteiger partial charge in [-0.15, -0.1) is 0 Å². The molecule has 4 N–H and O–H groups in total. The first-order chi connectivity index (χ1) is 9.08. The molecule has 10 heteroatoms. The Balaban J connectivity index is 3.18. The normalized spacial score (nSPS) is 15.1. The van der Waals surface area contributed by atoms with Crippen molar-refractivity contribution in [3.8, 4) is 0 Å². The van der Waals surface area contributed by atoms with Crippen molar-refractivity contribution in [2.24, 2.45) is 19.8 Å². The highest BCUT2D eigenvalue weighted by Gasteiger charge is 2.22. The van der Waals surface area contributed by atoms with Crippen LogP contribution in [0.2, 0.25) is 0 Å². The average Bonchev–Trinajstić information content (AvgIpc) is 2.37. The van der Waals surface area contributed by atoms with Gasteiger partial charge in [0.05, 0.1) is 6.10 Å². The van der Waals surface area contributed by atoms with Crippen molar-refractivity contribution in [1.29, 1.82) is 0 Å². The van der Waals surface area contributed by atoms with Gasteiger partial charge in [-0.3, -0.25) is 9.36 Å². The van der Waals surface area contributed by atoms with E-state index in [1.54, 1.807) is 0 Å². The molecule has 1 aromatic heterocycles. The molecule has 9 nitrogen and oxygen atoms in total. The van der Waals surface area contributed by atoms with E-state index in [9.17, 15) is 23.1 Å². The van der Waals surface area contributed by atoms with Crippen LogP contribution in [0.3, 0.4) is 0 Å². The molecule has 0 aliphatic heterocycles. The molecule has 0 amide bonds.